The number of nitrogens with zero attached hydrogens (tertiary/aromatic N) is 1. The molecule has 2 aliphatic rings. The standard InChI is InChI=1S/C17H19N3O4S/c21-17(13-4-3-9-18-13)20-10-7-12-14(8-11-20)24-15-5-1-2-6-16(15)25(22,23)19-12/h1-6,9,12,14,18-19H,7-8,10-11H2/t12-,14-/m0/s1. The van der Waals surface area contributed by atoms with E-state index in [1.54, 1.807) is 47.5 Å². The van der Waals surface area contributed by atoms with Crippen molar-refractivity contribution in [2.45, 2.75) is 29.9 Å². The fourth-order valence-electron chi connectivity index (χ4n) is 3.38. The lowest BCUT2D eigenvalue weighted by atomic mass is 10.1. The highest BCUT2D eigenvalue weighted by Gasteiger charge is 2.37. The Morgan fingerprint density at radius 3 is 2.72 bits per heavy atom. The van der Waals surface area contributed by atoms with Crippen molar-refractivity contribution in [2.75, 3.05) is 13.1 Å². The predicted molar refractivity (Wildman–Crippen MR) is 90.9 cm³/mol. The Bertz CT molecular complexity index is 879. The third-order valence-corrected chi connectivity index (χ3v) is 6.21. The van der Waals surface area contributed by atoms with Crippen LogP contribution in [0.1, 0.15) is 23.3 Å². The molecular formula is C17H19N3O4S. The molecule has 0 unspecified atom stereocenters. The van der Waals surface area contributed by atoms with E-state index < -0.39 is 10.0 Å². The highest BCUT2D eigenvalue weighted by Crippen LogP contribution is 2.31. The van der Waals surface area contributed by atoms with Gasteiger partial charge >= 0.3 is 0 Å². The van der Waals surface area contributed by atoms with Crippen molar-refractivity contribution in [2.24, 2.45) is 0 Å². The number of fused-ring (bicyclic) bond motifs is 2. The van der Waals surface area contributed by atoms with Crippen LogP contribution in [0, 0.1) is 0 Å². The SMILES string of the molecule is O=C(c1ccc[nH]1)N1CC[C@@H]2NS(=O)(=O)c3ccccc3O[C@H]2CC1. The van der Waals surface area contributed by atoms with Gasteiger partial charge in [-0.25, -0.2) is 13.1 Å². The monoisotopic (exact) mass is 361 g/mol. The Labute approximate surface area is 146 Å². The number of amides is 1. The van der Waals surface area contributed by atoms with Gasteiger partial charge in [0.15, 0.2) is 0 Å². The van der Waals surface area contributed by atoms with E-state index in [0.717, 1.165) is 0 Å². The van der Waals surface area contributed by atoms with Gasteiger partial charge in [-0.2, -0.15) is 0 Å². The molecule has 1 saturated heterocycles. The van der Waals surface area contributed by atoms with E-state index in [1.807, 2.05) is 0 Å². The number of aromatic nitrogens is 1. The molecule has 2 aromatic rings. The van der Waals surface area contributed by atoms with Crippen LogP contribution in [-0.4, -0.2) is 49.4 Å². The Hall–Kier alpha value is -2.32. The number of para-hydroxylation sites is 1. The molecule has 1 fully saturated rings. The number of benzene rings is 1. The van der Waals surface area contributed by atoms with E-state index in [2.05, 4.69) is 9.71 Å². The van der Waals surface area contributed by atoms with Crippen LogP contribution in [0.25, 0.3) is 0 Å². The average molecular weight is 361 g/mol. The van der Waals surface area contributed by atoms with E-state index in [9.17, 15) is 13.2 Å². The summed E-state index contributed by atoms with van der Waals surface area (Å²) in [6.45, 7) is 0.990. The van der Waals surface area contributed by atoms with Crippen LogP contribution in [0.3, 0.4) is 0 Å². The molecule has 25 heavy (non-hydrogen) atoms. The van der Waals surface area contributed by atoms with Gasteiger partial charge in [0, 0.05) is 25.7 Å². The van der Waals surface area contributed by atoms with Crippen LogP contribution in [0.2, 0.25) is 0 Å². The summed E-state index contributed by atoms with van der Waals surface area (Å²) >= 11 is 0. The molecule has 1 amide bonds. The van der Waals surface area contributed by atoms with Gasteiger partial charge < -0.3 is 14.6 Å². The van der Waals surface area contributed by atoms with Gasteiger partial charge in [0.05, 0.1) is 6.04 Å². The molecule has 0 radical (unpaired) electrons. The van der Waals surface area contributed by atoms with Crippen LogP contribution in [0.15, 0.2) is 47.5 Å². The summed E-state index contributed by atoms with van der Waals surface area (Å²) in [5.74, 6) is 0.288. The fraction of sp³-hybridized carbons (Fsp3) is 0.353. The number of hydrogen-bond donors (Lipinski definition) is 2. The molecule has 2 N–H and O–H groups in total. The Kier molecular flexibility index (Phi) is 4.01. The number of sulfonamides is 1. The maximum absolute atomic E-state index is 12.6. The lowest BCUT2D eigenvalue weighted by Crippen LogP contribution is -2.43. The molecule has 7 nitrogen and oxygen atoms in total. The van der Waals surface area contributed by atoms with Crippen molar-refractivity contribution in [3.05, 3.63) is 48.3 Å². The van der Waals surface area contributed by atoms with E-state index in [4.69, 9.17) is 4.74 Å². The van der Waals surface area contributed by atoms with Gasteiger partial charge in [0.25, 0.3) is 5.91 Å². The Balaban J connectivity index is 1.58. The van der Waals surface area contributed by atoms with Crippen molar-refractivity contribution in [1.82, 2.24) is 14.6 Å². The average Bonchev–Trinajstić information content (AvgIpc) is 3.03. The number of aromatic amines is 1. The number of rotatable bonds is 1. The minimum Gasteiger partial charge on any atom is -0.487 e. The third-order valence-electron chi connectivity index (χ3n) is 4.68. The molecule has 0 aliphatic carbocycles. The first kappa shape index (κ1) is 16.2. The van der Waals surface area contributed by atoms with Crippen LogP contribution < -0.4 is 9.46 Å². The summed E-state index contributed by atoms with van der Waals surface area (Å²) in [5, 5.41) is 0. The number of likely N-dealkylation sites (tertiary alicyclic amines) is 1. The highest BCUT2D eigenvalue weighted by molar-refractivity contribution is 7.89. The van der Waals surface area contributed by atoms with Crippen molar-refractivity contribution < 1.29 is 17.9 Å². The molecule has 132 valence electrons. The maximum Gasteiger partial charge on any atom is 0.270 e. The van der Waals surface area contributed by atoms with Crippen molar-refractivity contribution in [3.63, 3.8) is 0 Å². The molecule has 0 bridgehead atoms. The smallest absolute Gasteiger partial charge is 0.270 e. The number of carbonyl (C=O) groups excluding carboxylic acids is 1. The summed E-state index contributed by atoms with van der Waals surface area (Å²) in [6.07, 6.45) is 2.47. The van der Waals surface area contributed by atoms with E-state index in [1.165, 1.54) is 0 Å². The summed E-state index contributed by atoms with van der Waals surface area (Å²) in [4.78, 5) is 17.4. The van der Waals surface area contributed by atoms with Crippen molar-refractivity contribution >= 4 is 15.9 Å². The van der Waals surface area contributed by atoms with Gasteiger partial charge in [0.1, 0.15) is 22.4 Å². The summed E-state index contributed by atoms with van der Waals surface area (Å²) in [6, 6.07) is 9.81. The summed E-state index contributed by atoms with van der Waals surface area (Å²) in [5.41, 5.74) is 0.536. The second-order valence-corrected chi connectivity index (χ2v) is 7.97. The molecule has 0 saturated carbocycles. The zero-order valence-corrected chi connectivity index (χ0v) is 14.3. The van der Waals surface area contributed by atoms with Crippen LogP contribution in [0.5, 0.6) is 5.75 Å². The Morgan fingerprint density at radius 1 is 1.12 bits per heavy atom. The summed E-state index contributed by atoms with van der Waals surface area (Å²) in [7, 11) is -3.63. The number of ether oxygens (including phenoxy) is 1. The maximum atomic E-state index is 12.6. The normalized spacial score (nSPS) is 25.0. The summed E-state index contributed by atoms with van der Waals surface area (Å²) < 4.78 is 33.9. The molecule has 2 atom stereocenters. The molecule has 3 heterocycles. The topological polar surface area (TPSA) is 91.5 Å². The number of carbonyl (C=O) groups is 1. The van der Waals surface area contributed by atoms with Crippen molar-refractivity contribution in [1.29, 1.82) is 0 Å². The minimum absolute atomic E-state index is 0.0790. The van der Waals surface area contributed by atoms with Gasteiger partial charge in [-0.05, 0) is 30.7 Å². The van der Waals surface area contributed by atoms with Gasteiger partial charge in [0.2, 0.25) is 10.0 Å². The second-order valence-electron chi connectivity index (χ2n) is 6.28. The predicted octanol–water partition coefficient (Wildman–Crippen LogP) is 1.36. The van der Waals surface area contributed by atoms with Crippen LogP contribution >= 0.6 is 0 Å². The fourth-order valence-corrected chi connectivity index (χ4v) is 4.82. The molecule has 1 aromatic heterocycles. The molecule has 4 rings (SSSR count). The molecular weight excluding hydrogens is 342 g/mol. The first-order valence-electron chi connectivity index (χ1n) is 8.25. The highest BCUT2D eigenvalue weighted by atomic mass is 32.2. The quantitative estimate of drug-likeness (QED) is 0.802. The Morgan fingerprint density at radius 2 is 1.92 bits per heavy atom. The van der Waals surface area contributed by atoms with E-state index in [0.29, 0.717) is 37.4 Å². The lowest BCUT2D eigenvalue weighted by Gasteiger charge is -2.22. The first-order chi connectivity index (χ1) is 12.0. The van der Waals surface area contributed by atoms with E-state index in [-0.39, 0.29) is 22.9 Å². The van der Waals surface area contributed by atoms with Crippen LogP contribution in [0.4, 0.5) is 0 Å². The number of nitrogens with one attached hydrogen (secondary N) is 2. The zero-order valence-electron chi connectivity index (χ0n) is 13.5. The van der Waals surface area contributed by atoms with Crippen molar-refractivity contribution in [3.8, 4) is 5.75 Å². The molecule has 0 spiro atoms. The second kappa shape index (κ2) is 6.20. The number of hydrogen-bond acceptors (Lipinski definition) is 4. The molecule has 1 aromatic carbocycles. The minimum atomic E-state index is -3.63. The molecule has 2 aliphatic heterocycles. The zero-order chi connectivity index (χ0) is 17.4. The van der Waals surface area contributed by atoms with Gasteiger partial charge in [-0.15, -0.1) is 0 Å². The van der Waals surface area contributed by atoms with E-state index >= 15 is 0 Å². The number of H-pyrrole nitrogens is 1. The van der Waals surface area contributed by atoms with Crippen LogP contribution in [-0.2, 0) is 10.0 Å². The lowest BCUT2D eigenvalue weighted by molar-refractivity contribution is 0.0750. The van der Waals surface area contributed by atoms with Gasteiger partial charge in [-0.1, -0.05) is 12.1 Å². The first-order valence-corrected chi connectivity index (χ1v) is 9.73. The molecule has 8 heteroatoms. The third kappa shape index (κ3) is 3.03. The largest absolute Gasteiger partial charge is 0.487 e. The van der Waals surface area contributed by atoms with Gasteiger partial charge in [-0.3, -0.25) is 4.79 Å².